The molecular formula is C23H19FN2O3S. The molecule has 0 saturated heterocycles. The second kappa shape index (κ2) is 8.20. The Labute approximate surface area is 176 Å². The number of hydrogen-bond donors (Lipinski definition) is 0. The number of carbonyl (C=O) groups excluding carboxylic acids is 1. The maximum absolute atomic E-state index is 13.2. The van der Waals surface area contributed by atoms with E-state index < -0.39 is 12.0 Å². The summed E-state index contributed by atoms with van der Waals surface area (Å²) in [5.41, 5.74) is 2.14. The fourth-order valence-corrected chi connectivity index (χ4v) is 4.44. The zero-order valence-corrected chi connectivity index (χ0v) is 17.3. The van der Waals surface area contributed by atoms with E-state index in [4.69, 9.17) is 9.73 Å². The van der Waals surface area contributed by atoms with Crippen LogP contribution in [0.15, 0.2) is 70.0 Å². The second-order valence-electron chi connectivity index (χ2n) is 6.75. The smallest absolute Gasteiger partial charge is 0.338 e. The first-order valence-electron chi connectivity index (χ1n) is 9.49. The third kappa shape index (κ3) is 3.64. The van der Waals surface area contributed by atoms with Crippen molar-refractivity contribution in [2.24, 2.45) is 4.99 Å². The van der Waals surface area contributed by atoms with Crippen LogP contribution in [-0.2, 0) is 9.53 Å². The van der Waals surface area contributed by atoms with Crippen molar-refractivity contribution in [2.75, 3.05) is 6.61 Å². The summed E-state index contributed by atoms with van der Waals surface area (Å²) >= 11 is 1.24. The lowest BCUT2D eigenvalue weighted by atomic mass is 9.97. The maximum atomic E-state index is 13.2. The van der Waals surface area contributed by atoms with Crippen LogP contribution >= 0.6 is 11.3 Å². The predicted octanol–water partition coefficient (Wildman–Crippen LogP) is 3.05. The number of allylic oxidation sites excluding steroid dienone is 1. The zero-order chi connectivity index (χ0) is 21.3. The summed E-state index contributed by atoms with van der Waals surface area (Å²) in [4.78, 5) is 31.1. The molecule has 152 valence electrons. The number of esters is 1. The van der Waals surface area contributed by atoms with E-state index in [1.807, 2.05) is 30.3 Å². The first kappa shape index (κ1) is 20.0. The van der Waals surface area contributed by atoms with Gasteiger partial charge in [-0.05, 0) is 43.2 Å². The minimum Gasteiger partial charge on any atom is -0.463 e. The molecule has 1 aliphatic rings. The third-order valence-electron chi connectivity index (χ3n) is 4.82. The summed E-state index contributed by atoms with van der Waals surface area (Å²) in [7, 11) is 0. The van der Waals surface area contributed by atoms with E-state index in [2.05, 4.69) is 0 Å². The Bertz CT molecular complexity index is 1310. The van der Waals surface area contributed by atoms with Gasteiger partial charge in [-0.2, -0.15) is 0 Å². The molecule has 7 heteroatoms. The highest BCUT2D eigenvalue weighted by Crippen LogP contribution is 2.31. The Morgan fingerprint density at radius 2 is 1.90 bits per heavy atom. The number of ether oxygens (including phenoxy) is 1. The van der Waals surface area contributed by atoms with Gasteiger partial charge >= 0.3 is 5.97 Å². The molecule has 0 radical (unpaired) electrons. The van der Waals surface area contributed by atoms with E-state index in [1.54, 1.807) is 32.1 Å². The Hall–Kier alpha value is -3.32. The highest BCUT2D eigenvalue weighted by molar-refractivity contribution is 7.07. The summed E-state index contributed by atoms with van der Waals surface area (Å²) < 4.78 is 20.4. The van der Waals surface area contributed by atoms with Gasteiger partial charge in [0.15, 0.2) is 4.80 Å². The third-order valence-corrected chi connectivity index (χ3v) is 5.81. The number of hydrogen-bond acceptors (Lipinski definition) is 5. The first-order chi connectivity index (χ1) is 14.5. The fraction of sp³-hybridized carbons (Fsp3) is 0.174. The molecule has 1 atom stereocenters. The molecule has 4 rings (SSSR count). The summed E-state index contributed by atoms with van der Waals surface area (Å²) in [6, 6.07) is 14.8. The number of fused-ring (bicyclic) bond motifs is 1. The Morgan fingerprint density at radius 1 is 1.20 bits per heavy atom. The molecule has 0 fully saturated rings. The molecular weight excluding hydrogens is 403 g/mol. The molecule has 0 saturated carbocycles. The average Bonchev–Trinajstić information content (AvgIpc) is 3.06. The normalized spacial score (nSPS) is 16.2. The van der Waals surface area contributed by atoms with Gasteiger partial charge in [-0.25, -0.2) is 14.2 Å². The average molecular weight is 422 g/mol. The van der Waals surface area contributed by atoms with Gasteiger partial charge in [0, 0.05) is 5.70 Å². The topological polar surface area (TPSA) is 60.7 Å². The van der Waals surface area contributed by atoms with Gasteiger partial charge in [-0.15, -0.1) is 0 Å². The van der Waals surface area contributed by atoms with Gasteiger partial charge in [-0.1, -0.05) is 53.8 Å². The van der Waals surface area contributed by atoms with Crippen molar-refractivity contribution in [1.82, 2.24) is 4.57 Å². The van der Waals surface area contributed by atoms with E-state index >= 15 is 0 Å². The monoisotopic (exact) mass is 422 g/mol. The first-order valence-corrected chi connectivity index (χ1v) is 10.3. The minimum atomic E-state index is -0.554. The number of halogens is 1. The van der Waals surface area contributed by atoms with Crippen LogP contribution in [0.3, 0.4) is 0 Å². The predicted molar refractivity (Wildman–Crippen MR) is 114 cm³/mol. The summed E-state index contributed by atoms with van der Waals surface area (Å²) in [5.74, 6) is -0.826. The van der Waals surface area contributed by atoms with Crippen LogP contribution in [0.1, 0.15) is 31.0 Å². The van der Waals surface area contributed by atoms with Crippen molar-refractivity contribution in [2.45, 2.75) is 19.9 Å². The molecule has 0 amide bonds. The Balaban J connectivity index is 1.94. The lowest BCUT2D eigenvalue weighted by Crippen LogP contribution is -2.35. The van der Waals surface area contributed by atoms with Crippen LogP contribution in [0.25, 0.3) is 11.8 Å². The van der Waals surface area contributed by atoms with Crippen LogP contribution in [0.4, 0.5) is 4.39 Å². The van der Waals surface area contributed by atoms with Crippen molar-refractivity contribution in [3.63, 3.8) is 0 Å². The van der Waals surface area contributed by atoms with Crippen molar-refractivity contribution in [3.05, 3.63) is 96.8 Å². The number of carbonyl (C=O) groups is 1. The molecule has 0 aliphatic carbocycles. The van der Waals surface area contributed by atoms with E-state index in [0.29, 0.717) is 26.2 Å². The molecule has 0 spiro atoms. The Morgan fingerprint density at radius 3 is 2.57 bits per heavy atom. The number of benzene rings is 2. The fourth-order valence-electron chi connectivity index (χ4n) is 3.40. The van der Waals surface area contributed by atoms with Crippen molar-refractivity contribution in [1.29, 1.82) is 0 Å². The van der Waals surface area contributed by atoms with Gasteiger partial charge in [0.05, 0.1) is 16.7 Å². The van der Waals surface area contributed by atoms with Gasteiger partial charge in [0.2, 0.25) is 0 Å². The molecule has 30 heavy (non-hydrogen) atoms. The van der Waals surface area contributed by atoms with Gasteiger partial charge < -0.3 is 4.74 Å². The van der Waals surface area contributed by atoms with Crippen LogP contribution in [0.2, 0.25) is 0 Å². The number of nitrogens with zero attached hydrogens (tertiary/aromatic N) is 2. The summed E-state index contributed by atoms with van der Waals surface area (Å²) in [6.45, 7) is 3.70. The summed E-state index contributed by atoms with van der Waals surface area (Å²) in [5, 5.41) is 0. The lowest BCUT2D eigenvalue weighted by Gasteiger charge is -2.22. The lowest BCUT2D eigenvalue weighted by molar-refractivity contribution is -0.138. The number of aromatic nitrogens is 1. The van der Waals surface area contributed by atoms with Gasteiger partial charge in [0.1, 0.15) is 11.9 Å². The Kier molecular flexibility index (Phi) is 5.46. The highest BCUT2D eigenvalue weighted by atomic mass is 32.1. The van der Waals surface area contributed by atoms with Crippen LogP contribution in [0.5, 0.6) is 0 Å². The van der Waals surface area contributed by atoms with Crippen LogP contribution in [-0.4, -0.2) is 17.1 Å². The number of thiazole rings is 1. The molecule has 2 heterocycles. The molecule has 0 bridgehead atoms. The zero-order valence-electron chi connectivity index (χ0n) is 16.5. The van der Waals surface area contributed by atoms with E-state index in [1.165, 1.54) is 28.0 Å². The van der Waals surface area contributed by atoms with Crippen LogP contribution < -0.4 is 14.9 Å². The SMILES string of the molecule is CCOC(=O)C1=C(C)n2c(s/c(=C/c3ccc(F)cc3)c2=O)=N[C@@H]1c1ccccc1. The quantitative estimate of drug-likeness (QED) is 0.608. The maximum Gasteiger partial charge on any atom is 0.338 e. The minimum absolute atomic E-state index is 0.228. The molecule has 0 unspecified atom stereocenters. The highest BCUT2D eigenvalue weighted by Gasteiger charge is 2.31. The van der Waals surface area contributed by atoms with E-state index in [0.717, 1.165) is 5.56 Å². The number of rotatable bonds is 4. The standard InChI is InChI=1S/C23H19FN2O3S/c1-3-29-22(28)19-14(2)26-21(27)18(13-15-9-11-17(24)12-10-15)30-23(26)25-20(19)16-7-5-4-6-8-16/h4-13,20H,3H2,1-2H3/b18-13+/t20-/m1/s1. The molecule has 3 aromatic rings. The molecule has 1 aliphatic heterocycles. The van der Waals surface area contributed by atoms with E-state index in [9.17, 15) is 14.0 Å². The summed E-state index contributed by atoms with van der Waals surface area (Å²) in [6.07, 6.45) is 1.70. The van der Waals surface area contributed by atoms with Gasteiger partial charge in [-0.3, -0.25) is 9.36 Å². The molecule has 2 aromatic carbocycles. The van der Waals surface area contributed by atoms with E-state index in [-0.39, 0.29) is 18.0 Å². The molecule has 1 aromatic heterocycles. The van der Waals surface area contributed by atoms with Crippen LogP contribution in [0, 0.1) is 5.82 Å². The van der Waals surface area contributed by atoms with Crippen molar-refractivity contribution in [3.8, 4) is 0 Å². The molecule has 5 nitrogen and oxygen atoms in total. The largest absolute Gasteiger partial charge is 0.463 e. The van der Waals surface area contributed by atoms with Crippen molar-refractivity contribution < 1.29 is 13.9 Å². The second-order valence-corrected chi connectivity index (χ2v) is 7.76. The van der Waals surface area contributed by atoms with Crippen molar-refractivity contribution >= 4 is 29.1 Å². The van der Waals surface area contributed by atoms with Gasteiger partial charge in [0.25, 0.3) is 5.56 Å². The molecule has 0 N–H and O–H groups in total.